The SMILES string of the molecule is O=C(O)C1CC(F)(F)CN1S(=O)(=O)c1ccc(Cl)s1. The Hall–Kier alpha value is -0.770. The van der Waals surface area contributed by atoms with Gasteiger partial charge in [-0.25, -0.2) is 17.2 Å². The van der Waals surface area contributed by atoms with Gasteiger partial charge in [-0.2, -0.15) is 4.31 Å². The maximum atomic E-state index is 13.3. The van der Waals surface area contributed by atoms with E-state index in [4.69, 9.17) is 16.7 Å². The molecule has 2 heterocycles. The second-order valence-electron chi connectivity index (χ2n) is 4.02. The Morgan fingerprint density at radius 2 is 2.16 bits per heavy atom. The van der Waals surface area contributed by atoms with E-state index < -0.39 is 40.9 Å². The Kier molecular flexibility index (Phi) is 3.58. The molecule has 1 atom stereocenters. The smallest absolute Gasteiger partial charge is 0.322 e. The lowest BCUT2D eigenvalue weighted by atomic mass is 10.2. The van der Waals surface area contributed by atoms with E-state index in [-0.39, 0.29) is 8.55 Å². The molecule has 0 aromatic carbocycles. The topological polar surface area (TPSA) is 74.7 Å². The molecule has 0 amide bonds. The van der Waals surface area contributed by atoms with Crippen LogP contribution >= 0.6 is 22.9 Å². The molecule has 1 unspecified atom stereocenters. The third-order valence-electron chi connectivity index (χ3n) is 2.62. The van der Waals surface area contributed by atoms with Gasteiger partial charge in [0.05, 0.1) is 10.9 Å². The van der Waals surface area contributed by atoms with E-state index in [1.807, 2.05) is 0 Å². The summed E-state index contributed by atoms with van der Waals surface area (Å²) in [7, 11) is -4.28. The van der Waals surface area contributed by atoms with Crippen molar-refractivity contribution in [2.45, 2.75) is 22.6 Å². The van der Waals surface area contributed by atoms with E-state index >= 15 is 0 Å². The number of nitrogens with zero attached hydrogens (tertiary/aromatic N) is 1. The summed E-state index contributed by atoms with van der Waals surface area (Å²) < 4.78 is 51.0. The fourth-order valence-corrected chi connectivity index (χ4v) is 5.02. The first-order chi connectivity index (χ1) is 8.63. The molecule has 19 heavy (non-hydrogen) atoms. The Labute approximate surface area is 116 Å². The Balaban J connectivity index is 2.42. The zero-order valence-corrected chi connectivity index (χ0v) is 11.6. The first kappa shape index (κ1) is 14.6. The highest BCUT2D eigenvalue weighted by molar-refractivity contribution is 7.91. The number of aliphatic carboxylic acids is 1. The fourth-order valence-electron chi connectivity index (χ4n) is 1.80. The minimum Gasteiger partial charge on any atom is -0.480 e. The van der Waals surface area contributed by atoms with Crippen molar-refractivity contribution >= 4 is 38.9 Å². The van der Waals surface area contributed by atoms with Crippen LogP contribution in [-0.4, -0.2) is 42.3 Å². The number of carboxylic acids is 1. The average Bonchev–Trinajstić information content (AvgIpc) is 2.82. The quantitative estimate of drug-likeness (QED) is 0.917. The fraction of sp³-hybridized carbons (Fsp3) is 0.444. The molecule has 1 aliphatic heterocycles. The number of rotatable bonds is 3. The monoisotopic (exact) mass is 331 g/mol. The molecule has 1 N–H and O–H groups in total. The van der Waals surface area contributed by atoms with E-state index in [1.54, 1.807) is 0 Å². The highest BCUT2D eigenvalue weighted by Gasteiger charge is 2.53. The predicted octanol–water partition coefficient (Wildman–Crippen LogP) is 1.88. The van der Waals surface area contributed by atoms with Crippen molar-refractivity contribution in [3.8, 4) is 0 Å². The van der Waals surface area contributed by atoms with Crippen molar-refractivity contribution in [2.75, 3.05) is 6.54 Å². The molecule has 1 saturated heterocycles. The van der Waals surface area contributed by atoms with Gasteiger partial charge in [0.15, 0.2) is 0 Å². The summed E-state index contributed by atoms with van der Waals surface area (Å²) in [6.45, 7) is -1.14. The molecule has 0 bridgehead atoms. The van der Waals surface area contributed by atoms with Crippen LogP contribution in [-0.2, 0) is 14.8 Å². The van der Waals surface area contributed by atoms with Crippen LogP contribution in [0.4, 0.5) is 8.78 Å². The van der Waals surface area contributed by atoms with Crippen LogP contribution in [0.3, 0.4) is 0 Å². The maximum absolute atomic E-state index is 13.3. The number of carbonyl (C=O) groups is 1. The largest absolute Gasteiger partial charge is 0.480 e. The summed E-state index contributed by atoms with van der Waals surface area (Å²) in [6, 6.07) is 0.710. The van der Waals surface area contributed by atoms with Crippen LogP contribution in [0.2, 0.25) is 4.34 Å². The summed E-state index contributed by atoms with van der Waals surface area (Å²) in [5.41, 5.74) is 0. The van der Waals surface area contributed by atoms with Gasteiger partial charge in [-0.1, -0.05) is 11.6 Å². The molecule has 1 fully saturated rings. The van der Waals surface area contributed by atoms with E-state index in [0.717, 1.165) is 6.07 Å². The average molecular weight is 332 g/mol. The van der Waals surface area contributed by atoms with Crippen molar-refractivity contribution in [3.05, 3.63) is 16.5 Å². The highest BCUT2D eigenvalue weighted by atomic mass is 35.5. The second kappa shape index (κ2) is 4.65. The Morgan fingerprint density at radius 1 is 1.53 bits per heavy atom. The number of sulfonamides is 1. The summed E-state index contributed by atoms with van der Waals surface area (Å²) in [5, 5.41) is 8.87. The molecule has 2 rings (SSSR count). The maximum Gasteiger partial charge on any atom is 0.322 e. The minimum absolute atomic E-state index is 0.177. The molecule has 0 saturated carbocycles. The van der Waals surface area contributed by atoms with Crippen LogP contribution in [0.15, 0.2) is 16.3 Å². The van der Waals surface area contributed by atoms with Crippen molar-refractivity contribution in [2.24, 2.45) is 0 Å². The summed E-state index contributed by atoms with van der Waals surface area (Å²) in [6.07, 6.45) is -1.03. The van der Waals surface area contributed by atoms with E-state index in [2.05, 4.69) is 0 Å². The van der Waals surface area contributed by atoms with Gasteiger partial charge in [0.25, 0.3) is 15.9 Å². The van der Waals surface area contributed by atoms with Gasteiger partial charge in [0, 0.05) is 6.42 Å². The van der Waals surface area contributed by atoms with Gasteiger partial charge in [0.1, 0.15) is 10.3 Å². The second-order valence-corrected chi connectivity index (χ2v) is 7.86. The molecular formula is C9H8ClF2NO4S2. The lowest BCUT2D eigenvalue weighted by Gasteiger charge is -2.19. The van der Waals surface area contributed by atoms with E-state index in [1.165, 1.54) is 6.07 Å². The number of alkyl halides is 2. The molecule has 1 aliphatic rings. The van der Waals surface area contributed by atoms with Gasteiger partial charge in [0.2, 0.25) is 0 Å². The molecule has 1 aromatic heterocycles. The molecule has 5 nitrogen and oxygen atoms in total. The van der Waals surface area contributed by atoms with E-state index in [0.29, 0.717) is 15.6 Å². The summed E-state index contributed by atoms with van der Waals surface area (Å²) in [5.74, 6) is -4.94. The third kappa shape index (κ3) is 2.73. The molecule has 0 aliphatic carbocycles. The first-order valence-corrected chi connectivity index (χ1v) is 7.65. The van der Waals surface area contributed by atoms with Gasteiger partial charge in [-0.3, -0.25) is 4.79 Å². The van der Waals surface area contributed by atoms with Crippen LogP contribution < -0.4 is 0 Å². The number of hydrogen-bond acceptors (Lipinski definition) is 4. The number of thiophene rings is 1. The van der Waals surface area contributed by atoms with Crippen LogP contribution in [0, 0.1) is 0 Å². The third-order valence-corrected chi connectivity index (χ3v) is 6.18. The van der Waals surface area contributed by atoms with E-state index in [9.17, 15) is 22.0 Å². The number of carboxylic acid groups (broad SMARTS) is 1. The number of hydrogen-bond donors (Lipinski definition) is 1. The normalized spacial score (nSPS) is 23.6. The first-order valence-electron chi connectivity index (χ1n) is 5.01. The molecule has 0 spiro atoms. The minimum atomic E-state index is -4.28. The van der Waals surface area contributed by atoms with Crippen LogP contribution in [0.1, 0.15) is 6.42 Å². The van der Waals surface area contributed by atoms with Crippen LogP contribution in [0.5, 0.6) is 0 Å². The van der Waals surface area contributed by atoms with Gasteiger partial charge >= 0.3 is 5.97 Å². The summed E-state index contributed by atoms with van der Waals surface area (Å²) in [4.78, 5) is 10.9. The molecule has 0 radical (unpaired) electrons. The molecule has 10 heteroatoms. The Morgan fingerprint density at radius 3 is 2.63 bits per heavy atom. The molecule has 1 aromatic rings. The van der Waals surface area contributed by atoms with Crippen molar-refractivity contribution in [3.63, 3.8) is 0 Å². The van der Waals surface area contributed by atoms with Crippen LogP contribution in [0.25, 0.3) is 0 Å². The van der Waals surface area contributed by atoms with Gasteiger partial charge in [-0.15, -0.1) is 11.3 Å². The Bertz CT molecular complexity index is 615. The highest BCUT2D eigenvalue weighted by Crippen LogP contribution is 2.38. The lowest BCUT2D eigenvalue weighted by molar-refractivity contribution is -0.141. The van der Waals surface area contributed by atoms with Crippen molar-refractivity contribution in [1.29, 1.82) is 0 Å². The van der Waals surface area contributed by atoms with Crippen molar-refractivity contribution < 1.29 is 27.1 Å². The molecular weight excluding hydrogens is 324 g/mol. The van der Waals surface area contributed by atoms with Crippen molar-refractivity contribution in [1.82, 2.24) is 4.31 Å². The summed E-state index contributed by atoms with van der Waals surface area (Å²) >= 11 is 6.29. The zero-order chi connectivity index (χ0) is 14.4. The van der Waals surface area contributed by atoms with Gasteiger partial charge < -0.3 is 5.11 Å². The van der Waals surface area contributed by atoms with Gasteiger partial charge in [-0.05, 0) is 12.1 Å². The number of halogens is 3. The predicted molar refractivity (Wildman–Crippen MR) is 64.2 cm³/mol. The standard InChI is InChI=1S/C9H8ClF2NO4S2/c10-6-1-2-7(18-6)19(16,17)13-4-9(11,12)3-5(13)8(14)15/h1-2,5H,3-4H2,(H,14,15). The molecule has 106 valence electrons. The lowest BCUT2D eigenvalue weighted by Crippen LogP contribution is -2.40. The zero-order valence-electron chi connectivity index (χ0n) is 9.22.